The van der Waals surface area contributed by atoms with E-state index in [2.05, 4.69) is 103 Å². The highest BCUT2D eigenvalue weighted by atomic mass is 16.3. The Labute approximate surface area is 294 Å². The molecule has 0 saturated carbocycles. The third-order valence-corrected chi connectivity index (χ3v) is 9.73. The molecule has 10 aromatic rings. The Hall–Kier alpha value is -6.91. The first-order chi connectivity index (χ1) is 25.2. The van der Waals surface area contributed by atoms with Crippen molar-refractivity contribution in [2.24, 2.45) is 0 Å². The molecule has 8 aromatic carbocycles. The van der Waals surface area contributed by atoms with E-state index in [1.165, 1.54) is 21.5 Å². The maximum atomic E-state index is 6.29. The quantitative estimate of drug-likeness (QED) is 0.174. The van der Waals surface area contributed by atoms with Crippen LogP contribution in [-0.4, -0.2) is 15.0 Å². The fraction of sp³-hybridized carbons (Fsp3) is 0. The zero-order valence-corrected chi connectivity index (χ0v) is 27.5. The lowest BCUT2D eigenvalue weighted by atomic mass is 9.91. The second kappa shape index (κ2) is 11.9. The van der Waals surface area contributed by atoms with Gasteiger partial charge in [-0.1, -0.05) is 140 Å². The van der Waals surface area contributed by atoms with Gasteiger partial charge in [-0.2, -0.15) is 0 Å². The molecule has 0 N–H and O–H groups in total. The van der Waals surface area contributed by atoms with Crippen LogP contribution in [0.2, 0.25) is 0 Å². The zero-order valence-electron chi connectivity index (χ0n) is 27.5. The Morgan fingerprint density at radius 1 is 0.294 bits per heavy atom. The van der Waals surface area contributed by atoms with E-state index in [0.29, 0.717) is 17.5 Å². The summed E-state index contributed by atoms with van der Waals surface area (Å²) in [6.07, 6.45) is 0. The van der Waals surface area contributed by atoms with E-state index in [0.717, 1.165) is 60.9 Å². The first kappa shape index (κ1) is 29.0. The number of aromatic nitrogens is 3. The summed E-state index contributed by atoms with van der Waals surface area (Å²) in [5.41, 5.74) is 8.85. The van der Waals surface area contributed by atoms with Gasteiger partial charge < -0.3 is 4.42 Å². The predicted molar refractivity (Wildman–Crippen MR) is 209 cm³/mol. The summed E-state index contributed by atoms with van der Waals surface area (Å²) < 4.78 is 6.29. The maximum Gasteiger partial charge on any atom is 0.164 e. The van der Waals surface area contributed by atoms with E-state index in [1.54, 1.807) is 0 Å². The first-order valence-corrected chi connectivity index (χ1v) is 17.1. The van der Waals surface area contributed by atoms with Gasteiger partial charge >= 0.3 is 0 Å². The highest BCUT2D eigenvalue weighted by Gasteiger charge is 2.18. The highest BCUT2D eigenvalue weighted by Crippen LogP contribution is 2.39. The van der Waals surface area contributed by atoms with Crippen molar-refractivity contribution in [3.8, 4) is 56.4 Å². The number of benzene rings is 8. The molecule has 0 amide bonds. The number of para-hydroxylation sites is 1. The third kappa shape index (κ3) is 5.13. The van der Waals surface area contributed by atoms with Crippen molar-refractivity contribution < 1.29 is 4.42 Å². The molecule has 0 fully saturated rings. The van der Waals surface area contributed by atoms with Crippen LogP contribution in [-0.2, 0) is 0 Å². The maximum absolute atomic E-state index is 6.29. The fourth-order valence-corrected chi connectivity index (χ4v) is 7.17. The molecule has 0 bridgehead atoms. The molecular formula is C47H29N3O. The van der Waals surface area contributed by atoms with E-state index in [9.17, 15) is 0 Å². The largest absolute Gasteiger partial charge is 0.456 e. The summed E-state index contributed by atoms with van der Waals surface area (Å²) in [7, 11) is 0. The van der Waals surface area contributed by atoms with E-state index in [4.69, 9.17) is 19.4 Å². The average Bonchev–Trinajstić information content (AvgIpc) is 3.59. The van der Waals surface area contributed by atoms with Crippen LogP contribution in [0.25, 0.3) is 99.9 Å². The molecule has 238 valence electrons. The second-order valence-corrected chi connectivity index (χ2v) is 12.8. The van der Waals surface area contributed by atoms with Gasteiger partial charge in [-0.05, 0) is 80.2 Å². The van der Waals surface area contributed by atoms with Gasteiger partial charge in [0.2, 0.25) is 0 Å². The minimum absolute atomic E-state index is 0.621. The molecule has 2 heterocycles. The lowest BCUT2D eigenvalue weighted by molar-refractivity contribution is 0.669. The van der Waals surface area contributed by atoms with Crippen molar-refractivity contribution in [3.63, 3.8) is 0 Å². The van der Waals surface area contributed by atoms with E-state index in [-0.39, 0.29) is 0 Å². The minimum Gasteiger partial charge on any atom is -0.456 e. The van der Waals surface area contributed by atoms with Gasteiger partial charge in [-0.25, -0.2) is 15.0 Å². The number of hydrogen-bond acceptors (Lipinski definition) is 4. The monoisotopic (exact) mass is 651 g/mol. The summed E-state index contributed by atoms with van der Waals surface area (Å²) in [6, 6.07) is 61.2. The van der Waals surface area contributed by atoms with Gasteiger partial charge in [0.25, 0.3) is 0 Å². The Balaban J connectivity index is 1.20. The smallest absolute Gasteiger partial charge is 0.164 e. The van der Waals surface area contributed by atoms with Crippen LogP contribution >= 0.6 is 0 Å². The van der Waals surface area contributed by atoms with Gasteiger partial charge in [-0.15, -0.1) is 0 Å². The van der Waals surface area contributed by atoms with Crippen LogP contribution in [0.4, 0.5) is 0 Å². The molecule has 0 unspecified atom stereocenters. The lowest BCUT2D eigenvalue weighted by Crippen LogP contribution is -2.01. The number of rotatable bonds is 5. The molecule has 0 aliphatic carbocycles. The van der Waals surface area contributed by atoms with Crippen LogP contribution in [0, 0.1) is 0 Å². The van der Waals surface area contributed by atoms with Gasteiger partial charge in [0.05, 0.1) is 0 Å². The number of fused-ring (bicyclic) bond motifs is 6. The zero-order chi connectivity index (χ0) is 33.7. The Morgan fingerprint density at radius 3 is 1.63 bits per heavy atom. The van der Waals surface area contributed by atoms with Crippen molar-refractivity contribution in [2.75, 3.05) is 0 Å². The average molecular weight is 652 g/mol. The summed E-state index contributed by atoms with van der Waals surface area (Å²) in [5, 5.41) is 7.11. The van der Waals surface area contributed by atoms with Crippen molar-refractivity contribution in [3.05, 3.63) is 176 Å². The minimum atomic E-state index is 0.621. The summed E-state index contributed by atoms with van der Waals surface area (Å²) in [4.78, 5) is 15.2. The molecule has 0 aliphatic rings. The van der Waals surface area contributed by atoms with Crippen LogP contribution in [0.5, 0.6) is 0 Å². The highest BCUT2D eigenvalue weighted by molar-refractivity contribution is 6.09. The fourth-order valence-electron chi connectivity index (χ4n) is 7.17. The van der Waals surface area contributed by atoms with Crippen LogP contribution < -0.4 is 0 Å². The molecular weight excluding hydrogens is 623 g/mol. The summed E-state index contributed by atoms with van der Waals surface area (Å²) >= 11 is 0. The number of furan rings is 1. The van der Waals surface area contributed by atoms with Crippen molar-refractivity contribution in [2.45, 2.75) is 0 Å². The lowest BCUT2D eigenvalue weighted by Gasteiger charge is -2.15. The van der Waals surface area contributed by atoms with Gasteiger partial charge in [-0.3, -0.25) is 0 Å². The molecule has 10 rings (SSSR count). The summed E-state index contributed by atoms with van der Waals surface area (Å²) in [5.74, 6) is 1.89. The van der Waals surface area contributed by atoms with Gasteiger partial charge in [0.1, 0.15) is 11.2 Å². The van der Waals surface area contributed by atoms with E-state index < -0.39 is 0 Å². The number of hydrogen-bond donors (Lipinski definition) is 0. The molecule has 0 saturated heterocycles. The van der Waals surface area contributed by atoms with Crippen LogP contribution in [0.15, 0.2) is 180 Å². The van der Waals surface area contributed by atoms with Crippen molar-refractivity contribution in [1.29, 1.82) is 0 Å². The molecule has 0 aliphatic heterocycles. The second-order valence-electron chi connectivity index (χ2n) is 12.8. The molecule has 4 nitrogen and oxygen atoms in total. The first-order valence-electron chi connectivity index (χ1n) is 17.1. The van der Waals surface area contributed by atoms with Crippen molar-refractivity contribution >= 4 is 43.5 Å². The SMILES string of the molecule is c1ccc(-c2nc(-c3ccccc3)nc(-c3ccc(-c4ccc5c(c4)oc4ccccc45)cc3-c3ccc4c(ccc5ccccc54)c3)n2)cc1. The molecule has 0 radical (unpaired) electrons. The Morgan fingerprint density at radius 2 is 0.843 bits per heavy atom. The van der Waals surface area contributed by atoms with E-state index in [1.807, 2.05) is 72.8 Å². The van der Waals surface area contributed by atoms with Crippen LogP contribution in [0.1, 0.15) is 0 Å². The normalized spacial score (nSPS) is 11.5. The molecule has 0 spiro atoms. The molecule has 51 heavy (non-hydrogen) atoms. The molecule has 0 atom stereocenters. The summed E-state index contributed by atoms with van der Waals surface area (Å²) in [6.45, 7) is 0. The Kier molecular flexibility index (Phi) is 6.78. The molecule has 4 heteroatoms. The number of nitrogens with zero attached hydrogens (tertiary/aromatic N) is 3. The van der Waals surface area contributed by atoms with Gasteiger partial charge in [0.15, 0.2) is 17.5 Å². The Bertz CT molecular complexity index is 2860. The third-order valence-electron chi connectivity index (χ3n) is 9.73. The van der Waals surface area contributed by atoms with Crippen LogP contribution in [0.3, 0.4) is 0 Å². The predicted octanol–water partition coefficient (Wildman–Crippen LogP) is 12.4. The van der Waals surface area contributed by atoms with Crippen molar-refractivity contribution in [1.82, 2.24) is 15.0 Å². The van der Waals surface area contributed by atoms with Gasteiger partial charge in [0, 0.05) is 27.5 Å². The molecule has 2 aromatic heterocycles. The van der Waals surface area contributed by atoms with E-state index >= 15 is 0 Å². The topological polar surface area (TPSA) is 51.8 Å². The standard InChI is InChI=1S/C47H29N3O/c1-3-12-31(13-4-1)45-48-46(32-14-5-2-6-15-32)50-47(49-45)41-26-22-33(34-21-25-40-39-17-9-10-18-43(39)51-44(40)29-34)28-42(41)36-23-24-38-35(27-36)20-19-30-11-7-8-16-37(30)38/h1-29H.